The molecule has 2 aliphatic heterocycles. The van der Waals surface area contributed by atoms with Gasteiger partial charge in [-0.2, -0.15) is 17.0 Å². The maximum absolute atomic E-state index is 13.0. The molecular formula is C19H25ClN4O4S. The first-order valence-electron chi connectivity index (χ1n) is 9.69. The van der Waals surface area contributed by atoms with Crippen molar-refractivity contribution in [3.63, 3.8) is 0 Å². The van der Waals surface area contributed by atoms with Gasteiger partial charge >= 0.3 is 0 Å². The van der Waals surface area contributed by atoms with E-state index in [1.54, 1.807) is 23.1 Å². The molecule has 0 saturated carbocycles. The zero-order chi connectivity index (χ0) is 20.8. The van der Waals surface area contributed by atoms with Crippen molar-refractivity contribution in [3.8, 4) is 0 Å². The van der Waals surface area contributed by atoms with Gasteiger partial charge in [0.15, 0.2) is 5.76 Å². The van der Waals surface area contributed by atoms with Gasteiger partial charge in [-0.05, 0) is 32.2 Å². The number of rotatable bonds is 3. The van der Waals surface area contributed by atoms with Crippen LogP contribution in [0.5, 0.6) is 0 Å². The van der Waals surface area contributed by atoms with Crippen molar-refractivity contribution < 1.29 is 17.6 Å². The van der Waals surface area contributed by atoms with Crippen LogP contribution in [0.1, 0.15) is 16.1 Å². The summed E-state index contributed by atoms with van der Waals surface area (Å²) in [4.78, 5) is 16.8. The minimum absolute atomic E-state index is 0.216. The van der Waals surface area contributed by atoms with Crippen LogP contribution in [0.15, 0.2) is 22.6 Å². The zero-order valence-corrected chi connectivity index (χ0v) is 18.2. The Morgan fingerprint density at radius 1 is 1.00 bits per heavy atom. The number of aryl methyl sites for hydroxylation is 1. The van der Waals surface area contributed by atoms with Gasteiger partial charge < -0.3 is 14.2 Å². The largest absolute Gasteiger partial charge is 0.451 e. The highest BCUT2D eigenvalue weighted by Gasteiger charge is 2.35. The number of carbonyl (C=O) groups excluding carboxylic acids is 1. The number of hydrogen-bond donors (Lipinski definition) is 0. The normalized spacial score (nSPS) is 20.4. The second-order valence-corrected chi connectivity index (χ2v) is 9.96. The summed E-state index contributed by atoms with van der Waals surface area (Å²) in [5, 5.41) is 1.40. The van der Waals surface area contributed by atoms with Crippen LogP contribution in [0.2, 0.25) is 5.02 Å². The van der Waals surface area contributed by atoms with E-state index in [9.17, 15) is 13.2 Å². The topological polar surface area (TPSA) is 77.3 Å². The third kappa shape index (κ3) is 3.89. The first-order chi connectivity index (χ1) is 13.8. The summed E-state index contributed by atoms with van der Waals surface area (Å²) in [7, 11) is -1.50. The summed E-state index contributed by atoms with van der Waals surface area (Å²) in [5.41, 5.74) is 1.37. The van der Waals surface area contributed by atoms with Crippen molar-refractivity contribution in [3.05, 3.63) is 34.5 Å². The molecule has 158 valence electrons. The molecule has 10 heteroatoms. The SMILES string of the molecule is Cc1c(C(=O)N2CCN(S(=O)(=O)N3CCN(C)CC3)CC2)oc2ccc(Cl)cc12. The highest BCUT2D eigenvalue weighted by molar-refractivity contribution is 7.86. The molecule has 29 heavy (non-hydrogen) atoms. The van der Waals surface area contributed by atoms with E-state index in [1.165, 1.54) is 8.61 Å². The average molecular weight is 441 g/mol. The number of carbonyl (C=O) groups is 1. The Labute approximate surface area is 175 Å². The molecule has 2 saturated heterocycles. The van der Waals surface area contributed by atoms with E-state index in [1.807, 2.05) is 14.0 Å². The summed E-state index contributed by atoms with van der Waals surface area (Å²) in [6, 6.07) is 5.26. The van der Waals surface area contributed by atoms with Gasteiger partial charge in [0.1, 0.15) is 5.58 Å². The van der Waals surface area contributed by atoms with Crippen LogP contribution in [0, 0.1) is 6.92 Å². The molecule has 1 amide bonds. The maximum atomic E-state index is 13.0. The summed E-state index contributed by atoms with van der Waals surface area (Å²) in [6.45, 7) is 5.53. The van der Waals surface area contributed by atoms with Crippen molar-refractivity contribution >= 4 is 38.7 Å². The molecule has 0 unspecified atom stereocenters. The van der Waals surface area contributed by atoms with Crippen LogP contribution >= 0.6 is 11.6 Å². The molecule has 2 fully saturated rings. The fourth-order valence-electron chi connectivity index (χ4n) is 3.84. The molecule has 0 radical (unpaired) electrons. The van der Waals surface area contributed by atoms with E-state index in [-0.39, 0.29) is 24.8 Å². The quantitative estimate of drug-likeness (QED) is 0.725. The summed E-state index contributed by atoms with van der Waals surface area (Å²) in [6.07, 6.45) is 0. The molecule has 8 nitrogen and oxygen atoms in total. The minimum atomic E-state index is -3.49. The summed E-state index contributed by atoms with van der Waals surface area (Å²) < 4.78 is 34.6. The van der Waals surface area contributed by atoms with Crippen LogP contribution in [0.25, 0.3) is 11.0 Å². The summed E-state index contributed by atoms with van der Waals surface area (Å²) >= 11 is 6.05. The Balaban J connectivity index is 1.44. The van der Waals surface area contributed by atoms with Gasteiger partial charge in [0.25, 0.3) is 16.1 Å². The first-order valence-corrected chi connectivity index (χ1v) is 11.5. The molecule has 3 heterocycles. The number of fused-ring (bicyclic) bond motifs is 1. The fourth-order valence-corrected chi connectivity index (χ4v) is 5.59. The van der Waals surface area contributed by atoms with Gasteiger partial charge in [-0.3, -0.25) is 4.79 Å². The predicted octanol–water partition coefficient (Wildman–Crippen LogP) is 1.64. The van der Waals surface area contributed by atoms with Crippen molar-refractivity contribution in [2.24, 2.45) is 0 Å². The maximum Gasteiger partial charge on any atom is 0.289 e. The predicted molar refractivity (Wildman–Crippen MR) is 111 cm³/mol. The number of likely N-dealkylation sites (N-methyl/N-ethyl adjacent to an activating group) is 1. The molecule has 1 aromatic carbocycles. The molecule has 0 bridgehead atoms. The van der Waals surface area contributed by atoms with E-state index < -0.39 is 10.2 Å². The Morgan fingerprint density at radius 2 is 1.59 bits per heavy atom. The van der Waals surface area contributed by atoms with Gasteiger partial charge in [0.05, 0.1) is 0 Å². The Bertz CT molecular complexity index is 1020. The molecule has 0 N–H and O–H groups in total. The lowest BCUT2D eigenvalue weighted by Gasteiger charge is -2.38. The first kappa shape index (κ1) is 20.6. The van der Waals surface area contributed by atoms with Crippen LogP contribution < -0.4 is 0 Å². The lowest BCUT2D eigenvalue weighted by atomic mass is 10.1. The summed E-state index contributed by atoms with van der Waals surface area (Å²) in [5.74, 6) is 0.0732. The zero-order valence-electron chi connectivity index (χ0n) is 16.6. The molecule has 2 aromatic rings. The molecule has 0 spiro atoms. The molecule has 1 aromatic heterocycles. The smallest absolute Gasteiger partial charge is 0.289 e. The van der Waals surface area contributed by atoms with Gasteiger partial charge in [0, 0.05) is 68.3 Å². The van der Waals surface area contributed by atoms with Crippen LogP contribution in [0.3, 0.4) is 0 Å². The van der Waals surface area contributed by atoms with Gasteiger partial charge in [0.2, 0.25) is 0 Å². The Hall–Kier alpha value is -1.65. The van der Waals surface area contributed by atoms with E-state index in [4.69, 9.17) is 16.0 Å². The Kier molecular flexibility index (Phi) is 5.60. The second-order valence-electron chi connectivity index (χ2n) is 7.60. The second kappa shape index (κ2) is 7.88. The highest BCUT2D eigenvalue weighted by atomic mass is 35.5. The number of halogens is 1. The number of piperazine rings is 2. The molecule has 2 aliphatic rings. The van der Waals surface area contributed by atoms with Gasteiger partial charge in [-0.15, -0.1) is 0 Å². The van der Waals surface area contributed by atoms with Crippen LogP contribution in [-0.2, 0) is 10.2 Å². The molecular weight excluding hydrogens is 416 g/mol. The standard InChI is InChI=1S/C19H25ClN4O4S/c1-14-16-13-15(20)3-4-17(16)28-18(14)19(25)22-7-11-24(12-8-22)29(26,27)23-9-5-21(2)6-10-23/h3-4,13H,5-12H2,1-2H3. The lowest BCUT2D eigenvalue weighted by molar-refractivity contribution is 0.0662. The third-order valence-electron chi connectivity index (χ3n) is 5.73. The number of amides is 1. The van der Waals surface area contributed by atoms with Crippen molar-refractivity contribution in [2.75, 3.05) is 59.4 Å². The number of benzene rings is 1. The average Bonchev–Trinajstić information content (AvgIpc) is 3.04. The van der Waals surface area contributed by atoms with Crippen LogP contribution in [0.4, 0.5) is 0 Å². The number of furan rings is 1. The van der Waals surface area contributed by atoms with E-state index in [0.717, 1.165) is 24.0 Å². The lowest BCUT2D eigenvalue weighted by Crippen LogP contribution is -2.57. The number of nitrogens with zero attached hydrogens (tertiary/aromatic N) is 4. The van der Waals surface area contributed by atoms with Crippen molar-refractivity contribution in [1.29, 1.82) is 0 Å². The number of hydrogen-bond acceptors (Lipinski definition) is 5. The molecule has 4 rings (SSSR count). The monoisotopic (exact) mass is 440 g/mol. The third-order valence-corrected chi connectivity index (χ3v) is 8.00. The van der Waals surface area contributed by atoms with E-state index >= 15 is 0 Å². The fraction of sp³-hybridized carbons (Fsp3) is 0.526. The Morgan fingerprint density at radius 3 is 2.21 bits per heavy atom. The highest BCUT2D eigenvalue weighted by Crippen LogP contribution is 2.29. The van der Waals surface area contributed by atoms with Crippen molar-refractivity contribution in [1.82, 2.24) is 18.4 Å². The van der Waals surface area contributed by atoms with Gasteiger partial charge in [-0.1, -0.05) is 11.6 Å². The van der Waals surface area contributed by atoms with E-state index in [2.05, 4.69) is 4.90 Å². The molecule has 0 atom stereocenters. The minimum Gasteiger partial charge on any atom is -0.451 e. The van der Waals surface area contributed by atoms with E-state index in [0.29, 0.717) is 36.8 Å². The van der Waals surface area contributed by atoms with Crippen molar-refractivity contribution in [2.45, 2.75) is 6.92 Å². The molecule has 0 aliphatic carbocycles. The van der Waals surface area contributed by atoms with Crippen LogP contribution in [-0.4, -0.2) is 92.1 Å². The van der Waals surface area contributed by atoms with Gasteiger partial charge in [-0.25, -0.2) is 0 Å².